The molecule has 17 heavy (non-hydrogen) atoms. The number of aromatic nitrogens is 1. The summed E-state index contributed by atoms with van der Waals surface area (Å²) in [6.45, 7) is 2.04. The molecule has 0 fully saturated rings. The van der Waals surface area contributed by atoms with Crippen LogP contribution in [-0.2, 0) is 13.8 Å². The Morgan fingerprint density at radius 2 is 1.88 bits per heavy atom. The molecule has 6 nitrogen and oxygen atoms in total. The number of carbonyl (C=O) groups excluding carboxylic acids is 1. The Hall–Kier alpha value is -1.07. The fourth-order valence-corrected chi connectivity index (χ4v) is 2.29. The van der Waals surface area contributed by atoms with Crippen LogP contribution in [0.15, 0.2) is 24.5 Å². The molecule has 0 aliphatic heterocycles. The van der Waals surface area contributed by atoms with Gasteiger partial charge in [-0.15, -0.1) is 0 Å². The van der Waals surface area contributed by atoms with Crippen molar-refractivity contribution in [3.63, 3.8) is 0 Å². The first kappa shape index (κ1) is 14.0. The third kappa shape index (κ3) is 3.20. The molecule has 0 radical (unpaired) electrons. The summed E-state index contributed by atoms with van der Waals surface area (Å²) in [4.78, 5) is 21.8. The summed E-state index contributed by atoms with van der Waals surface area (Å²) in [5, 5.41) is 0. The number of pyridine rings is 1. The quantitative estimate of drug-likeness (QED) is 0.843. The van der Waals surface area contributed by atoms with Gasteiger partial charge in [-0.2, -0.15) is 0 Å². The summed E-state index contributed by atoms with van der Waals surface area (Å²) in [7, 11) is -0.285. The molecule has 0 unspecified atom stereocenters. The molecule has 0 bridgehead atoms. The van der Waals surface area contributed by atoms with E-state index in [-0.39, 0.29) is 0 Å². The van der Waals surface area contributed by atoms with E-state index in [0.717, 1.165) is 0 Å². The van der Waals surface area contributed by atoms with E-state index in [1.807, 2.05) is 0 Å². The maximum atomic E-state index is 11.4. The lowest BCUT2D eigenvalue weighted by Gasteiger charge is -2.14. The second-order valence-corrected chi connectivity index (χ2v) is 5.34. The Bertz CT molecular complexity index is 453. The van der Waals surface area contributed by atoms with Gasteiger partial charge < -0.3 is 18.7 Å². The van der Waals surface area contributed by atoms with Crippen LogP contribution in [0.1, 0.15) is 6.92 Å². The minimum Gasteiger partial charge on any atom is -0.449 e. The molecule has 0 saturated carbocycles. The monoisotopic (exact) mass is 261 g/mol. The zero-order valence-electron chi connectivity index (χ0n) is 9.99. The highest BCUT2D eigenvalue weighted by Crippen LogP contribution is 2.46. The summed E-state index contributed by atoms with van der Waals surface area (Å²) in [6.07, 6.45) is 2.49. The molecular formula is C10H16NO5P. The third-order valence-corrected chi connectivity index (χ3v) is 4.05. The first-order chi connectivity index (χ1) is 8.07. The highest BCUT2D eigenvalue weighted by molar-refractivity contribution is 7.52. The molecule has 7 heteroatoms. The van der Waals surface area contributed by atoms with E-state index in [4.69, 9.17) is 13.8 Å². The highest BCUT2D eigenvalue weighted by atomic mass is 31.2. The van der Waals surface area contributed by atoms with Crippen LogP contribution in [-0.4, -0.2) is 36.4 Å². The minimum absolute atomic E-state index is 0.306. The van der Waals surface area contributed by atoms with E-state index in [0.29, 0.717) is 11.5 Å². The van der Waals surface area contributed by atoms with Crippen LogP contribution in [0.2, 0.25) is 0 Å². The SMILES string of the molecule is CCOC(=O)n1ccc(=P(O)(OC)OC)cc1. The van der Waals surface area contributed by atoms with Crippen molar-refractivity contribution in [2.75, 3.05) is 20.8 Å². The molecule has 0 aliphatic rings. The van der Waals surface area contributed by atoms with Gasteiger partial charge in [0.2, 0.25) is 0 Å². The molecule has 0 aromatic carbocycles. The average molecular weight is 261 g/mol. The first-order valence-electron chi connectivity index (χ1n) is 4.99. The lowest BCUT2D eigenvalue weighted by molar-refractivity contribution is 0.153. The third-order valence-electron chi connectivity index (χ3n) is 2.11. The van der Waals surface area contributed by atoms with Crippen molar-refractivity contribution < 1.29 is 23.5 Å². The summed E-state index contributed by atoms with van der Waals surface area (Å²) in [6, 6.07) is 3.11. The second kappa shape index (κ2) is 6.02. The van der Waals surface area contributed by atoms with Crippen LogP contribution in [0.5, 0.6) is 0 Å². The highest BCUT2D eigenvalue weighted by Gasteiger charge is 2.12. The fourth-order valence-electron chi connectivity index (χ4n) is 1.21. The predicted octanol–water partition coefficient (Wildman–Crippen LogP) is 2.07. The number of ether oxygens (including phenoxy) is 1. The fraction of sp³-hybridized carbons (Fsp3) is 0.400. The molecule has 1 rings (SSSR count). The van der Waals surface area contributed by atoms with Crippen molar-refractivity contribution in [1.29, 1.82) is 0 Å². The largest absolute Gasteiger partial charge is 0.449 e. The number of rotatable bonds is 3. The van der Waals surface area contributed by atoms with Crippen LogP contribution in [0.25, 0.3) is 0 Å². The second-order valence-electron chi connectivity index (χ2n) is 3.05. The predicted molar refractivity (Wildman–Crippen MR) is 63.3 cm³/mol. The van der Waals surface area contributed by atoms with Gasteiger partial charge in [-0.1, -0.05) is 0 Å². The van der Waals surface area contributed by atoms with Gasteiger partial charge in [0.25, 0.3) is 7.57 Å². The Balaban J connectivity index is 3.15. The minimum atomic E-state index is -3.01. The van der Waals surface area contributed by atoms with Crippen molar-refractivity contribution in [3.05, 3.63) is 29.5 Å². The number of hydrogen-bond acceptors (Lipinski definition) is 5. The van der Waals surface area contributed by atoms with Crippen molar-refractivity contribution in [3.8, 4) is 0 Å². The van der Waals surface area contributed by atoms with E-state index >= 15 is 0 Å². The zero-order valence-corrected chi connectivity index (χ0v) is 10.9. The van der Waals surface area contributed by atoms with Gasteiger partial charge in [0.1, 0.15) is 0 Å². The van der Waals surface area contributed by atoms with Gasteiger partial charge >= 0.3 is 6.09 Å². The standard InChI is InChI=1S/C10H16NO5P/c1-4-16-10(12)11-7-5-9(6-8-11)17(13,14-2)15-3/h5-8,13H,4H2,1-3H3. The number of hydrogen-bond donors (Lipinski definition) is 1. The maximum Gasteiger partial charge on any atom is 0.417 e. The topological polar surface area (TPSA) is 69.9 Å². The molecule has 0 saturated heterocycles. The maximum absolute atomic E-state index is 11.4. The van der Waals surface area contributed by atoms with Gasteiger partial charge in [-0.05, 0) is 19.1 Å². The molecular weight excluding hydrogens is 245 g/mol. The van der Waals surface area contributed by atoms with Gasteiger partial charge in [-0.3, -0.25) is 4.57 Å². The van der Waals surface area contributed by atoms with E-state index in [9.17, 15) is 9.69 Å². The van der Waals surface area contributed by atoms with E-state index in [1.54, 1.807) is 19.1 Å². The van der Waals surface area contributed by atoms with Crippen molar-refractivity contribution >= 4 is 13.7 Å². The Morgan fingerprint density at radius 3 is 2.29 bits per heavy atom. The van der Waals surface area contributed by atoms with Crippen molar-refractivity contribution in [2.45, 2.75) is 6.92 Å². The molecule has 96 valence electrons. The summed E-state index contributed by atoms with van der Waals surface area (Å²) in [5.74, 6) is 0. The Kier molecular flexibility index (Phi) is 4.96. The summed E-state index contributed by atoms with van der Waals surface area (Å²) < 4.78 is 16.0. The van der Waals surface area contributed by atoms with Crippen molar-refractivity contribution in [2.24, 2.45) is 0 Å². The zero-order chi connectivity index (χ0) is 12.9. The van der Waals surface area contributed by atoms with Crippen molar-refractivity contribution in [1.82, 2.24) is 4.57 Å². The molecule has 0 aliphatic carbocycles. The van der Waals surface area contributed by atoms with Gasteiger partial charge in [0.15, 0.2) is 0 Å². The molecule has 1 N–H and O–H groups in total. The van der Waals surface area contributed by atoms with Crippen LogP contribution >= 0.6 is 7.57 Å². The van der Waals surface area contributed by atoms with Gasteiger partial charge in [-0.25, -0.2) is 4.79 Å². The number of carbonyl (C=O) groups is 1. The summed E-state index contributed by atoms with van der Waals surface area (Å²) >= 11 is 0. The lowest BCUT2D eigenvalue weighted by Crippen LogP contribution is -2.12. The van der Waals surface area contributed by atoms with E-state index in [2.05, 4.69) is 0 Å². The molecule has 0 amide bonds. The van der Waals surface area contributed by atoms with Crippen LogP contribution in [0, 0.1) is 4.94 Å². The van der Waals surface area contributed by atoms with E-state index < -0.39 is 13.7 Å². The average Bonchev–Trinajstić information content (AvgIpc) is 2.38. The van der Waals surface area contributed by atoms with Crippen LogP contribution < -0.4 is 0 Å². The number of nitrogens with zero attached hydrogens (tertiary/aromatic N) is 1. The smallest absolute Gasteiger partial charge is 0.417 e. The Morgan fingerprint density at radius 1 is 1.35 bits per heavy atom. The molecule has 1 heterocycles. The molecule has 1 aromatic rings. The van der Waals surface area contributed by atoms with Crippen LogP contribution in [0.3, 0.4) is 0 Å². The molecule has 0 spiro atoms. The summed E-state index contributed by atoms with van der Waals surface area (Å²) in [5.41, 5.74) is 0. The van der Waals surface area contributed by atoms with Gasteiger partial charge in [0.05, 0.1) is 11.5 Å². The normalized spacial score (nSPS) is 11.3. The first-order valence-corrected chi connectivity index (χ1v) is 6.57. The van der Waals surface area contributed by atoms with Gasteiger partial charge in [0, 0.05) is 26.6 Å². The Labute approximate surface area is 99.6 Å². The molecule has 0 atom stereocenters. The van der Waals surface area contributed by atoms with E-state index in [1.165, 1.54) is 31.2 Å². The lowest BCUT2D eigenvalue weighted by atomic mass is 10.5. The van der Waals surface area contributed by atoms with Crippen LogP contribution in [0.4, 0.5) is 4.79 Å². The molecule has 1 aromatic heterocycles.